The summed E-state index contributed by atoms with van der Waals surface area (Å²) in [6.07, 6.45) is 0. The highest BCUT2D eigenvalue weighted by molar-refractivity contribution is 7.89. The van der Waals surface area contributed by atoms with Crippen LogP contribution in [0.15, 0.2) is 35.3 Å². The molecule has 0 saturated carbocycles. The molecule has 148 valence electrons. The molecule has 0 fully saturated rings. The van der Waals surface area contributed by atoms with Gasteiger partial charge in [-0.05, 0) is 25.1 Å². The summed E-state index contributed by atoms with van der Waals surface area (Å²) >= 11 is 7.91. The van der Waals surface area contributed by atoms with E-state index in [1.54, 1.807) is 14.0 Å². The molecule has 0 aliphatic carbocycles. The lowest BCUT2D eigenvalue weighted by atomic mass is 10.0. The summed E-state index contributed by atoms with van der Waals surface area (Å²) in [5, 5.41) is 1.47. The molecular weight excluding hydrogens is 420 g/mol. The van der Waals surface area contributed by atoms with Gasteiger partial charge in [-0.3, -0.25) is 0 Å². The number of aromatic nitrogens is 1. The second-order valence-electron chi connectivity index (χ2n) is 6.86. The smallest absolute Gasteiger partial charge is 0.239 e. The molecule has 0 spiro atoms. The topological polar surface area (TPSA) is 101 Å². The fourth-order valence-corrected chi connectivity index (χ4v) is 6.50. The third kappa shape index (κ3) is 2.94. The molecule has 3 aromatic rings. The number of para-hydroxylation sites is 1. The standard InChI is InChI=1S/C18H19ClN4O3S2/c1-18(9-28(24,25)23(2)17(20)22-18)16-11(19)8-14(27-16)12-7-10-5-4-6-13(26-3)15(10)21-12/h4-8,21H,9H2,1-3H3,(H2,20,22)/t18-/m0/s1. The van der Waals surface area contributed by atoms with Crippen molar-refractivity contribution < 1.29 is 13.2 Å². The maximum absolute atomic E-state index is 12.5. The number of guanidine groups is 1. The summed E-state index contributed by atoms with van der Waals surface area (Å²) in [5.74, 6) is 0.504. The third-order valence-corrected chi connectivity index (χ3v) is 8.62. The molecule has 3 heterocycles. The predicted molar refractivity (Wildman–Crippen MR) is 114 cm³/mol. The van der Waals surface area contributed by atoms with Crippen LogP contribution in [-0.2, 0) is 15.6 Å². The molecule has 1 aromatic carbocycles. The van der Waals surface area contributed by atoms with Gasteiger partial charge in [-0.25, -0.2) is 17.7 Å². The number of aliphatic imine (C=N–C) groups is 1. The number of ether oxygens (including phenoxy) is 1. The third-order valence-electron chi connectivity index (χ3n) is 4.84. The number of rotatable bonds is 3. The first-order valence-electron chi connectivity index (χ1n) is 8.42. The van der Waals surface area contributed by atoms with Gasteiger partial charge in [-0.15, -0.1) is 11.3 Å². The first-order valence-corrected chi connectivity index (χ1v) is 11.2. The molecule has 0 amide bonds. The Morgan fingerprint density at radius 1 is 1.39 bits per heavy atom. The summed E-state index contributed by atoms with van der Waals surface area (Å²) in [6, 6.07) is 9.63. The summed E-state index contributed by atoms with van der Waals surface area (Å²) < 4.78 is 31.3. The van der Waals surface area contributed by atoms with E-state index in [-0.39, 0.29) is 11.7 Å². The van der Waals surface area contributed by atoms with Gasteiger partial charge in [0.15, 0.2) is 0 Å². The highest BCUT2D eigenvalue weighted by Crippen LogP contribution is 2.44. The van der Waals surface area contributed by atoms with Crippen LogP contribution in [-0.4, -0.2) is 43.6 Å². The van der Waals surface area contributed by atoms with Crippen LogP contribution in [0.3, 0.4) is 0 Å². The first-order chi connectivity index (χ1) is 13.1. The summed E-state index contributed by atoms with van der Waals surface area (Å²) in [5.41, 5.74) is 6.57. The number of benzene rings is 1. The number of hydrogen-bond donors (Lipinski definition) is 2. The van der Waals surface area contributed by atoms with Crippen molar-refractivity contribution in [2.45, 2.75) is 12.5 Å². The van der Waals surface area contributed by atoms with E-state index in [1.807, 2.05) is 30.3 Å². The molecule has 10 heteroatoms. The molecule has 2 aromatic heterocycles. The zero-order chi connectivity index (χ0) is 20.3. The Labute approximate surface area is 171 Å². The van der Waals surface area contributed by atoms with E-state index in [2.05, 4.69) is 9.98 Å². The molecule has 0 bridgehead atoms. The van der Waals surface area contributed by atoms with Gasteiger partial charge in [0.2, 0.25) is 16.0 Å². The van der Waals surface area contributed by atoms with Crippen LogP contribution in [0, 0.1) is 0 Å². The number of aromatic amines is 1. The minimum Gasteiger partial charge on any atom is -0.495 e. The van der Waals surface area contributed by atoms with Crippen molar-refractivity contribution >= 4 is 49.8 Å². The quantitative estimate of drug-likeness (QED) is 0.654. The number of sulfonamides is 1. The van der Waals surface area contributed by atoms with E-state index in [1.165, 1.54) is 18.4 Å². The van der Waals surface area contributed by atoms with E-state index >= 15 is 0 Å². The lowest BCUT2D eigenvalue weighted by Crippen LogP contribution is -2.50. The lowest BCUT2D eigenvalue weighted by Gasteiger charge is -2.33. The number of fused-ring (bicyclic) bond motifs is 1. The molecule has 28 heavy (non-hydrogen) atoms. The summed E-state index contributed by atoms with van der Waals surface area (Å²) in [4.78, 5) is 9.34. The van der Waals surface area contributed by atoms with E-state index in [0.29, 0.717) is 9.90 Å². The van der Waals surface area contributed by atoms with Crippen LogP contribution in [0.25, 0.3) is 21.5 Å². The molecule has 1 aliphatic heterocycles. The van der Waals surface area contributed by atoms with E-state index < -0.39 is 15.6 Å². The highest BCUT2D eigenvalue weighted by atomic mass is 35.5. The van der Waals surface area contributed by atoms with Crippen molar-refractivity contribution in [2.24, 2.45) is 10.7 Å². The first kappa shape index (κ1) is 19.1. The van der Waals surface area contributed by atoms with Crippen LogP contribution in [0.2, 0.25) is 5.02 Å². The largest absolute Gasteiger partial charge is 0.495 e. The number of nitrogens with two attached hydrogens (primary N) is 1. The average molecular weight is 439 g/mol. The maximum atomic E-state index is 12.5. The Bertz CT molecular complexity index is 1210. The lowest BCUT2D eigenvalue weighted by molar-refractivity contribution is 0.419. The highest BCUT2D eigenvalue weighted by Gasteiger charge is 2.42. The zero-order valence-corrected chi connectivity index (χ0v) is 17.9. The fraction of sp³-hybridized carbons (Fsp3) is 0.278. The van der Waals surface area contributed by atoms with Gasteiger partial charge in [0.05, 0.1) is 38.9 Å². The minimum absolute atomic E-state index is 0.0462. The molecule has 3 N–H and O–H groups in total. The molecule has 0 radical (unpaired) electrons. The van der Waals surface area contributed by atoms with Gasteiger partial charge in [0.25, 0.3) is 0 Å². The fourth-order valence-electron chi connectivity index (χ4n) is 3.37. The van der Waals surface area contributed by atoms with Gasteiger partial charge < -0.3 is 15.5 Å². The molecule has 4 rings (SSSR count). The van der Waals surface area contributed by atoms with Gasteiger partial charge in [-0.1, -0.05) is 23.7 Å². The number of methoxy groups -OCH3 is 1. The number of nitrogens with one attached hydrogen (secondary N) is 1. The van der Waals surface area contributed by atoms with Crippen molar-refractivity contribution in [1.29, 1.82) is 0 Å². The van der Waals surface area contributed by atoms with Gasteiger partial charge in [0, 0.05) is 12.4 Å². The molecule has 0 unspecified atom stereocenters. The van der Waals surface area contributed by atoms with Crippen molar-refractivity contribution in [3.05, 3.63) is 40.2 Å². The van der Waals surface area contributed by atoms with E-state index in [9.17, 15) is 8.42 Å². The molecule has 1 atom stereocenters. The SMILES string of the molecule is COc1cccc2cc(-c3cc(Cl)c([C@]4(C)CS(=O)(=O)N(C)C(N)=N4)s3)[nH]c12. The monoisotopic (exact) mass is 438 g/mol. The number of H-pyrrole nitrogens is 1. The van der Waals surface area contributed by atoms with Crippen LogP contribution in [0.5, 0.6) is 5.75 Å². The molecule has 1 aliphatic rings. The Morgan fingerprint density at radius 2 is 2.14 bits per heavy atom. The van der Waals surface area contributed by atoms with Crippen molar-refractivity contribution in [1.82, 2.24) is 9.29 Å². The van der Waals surface area contributed by atoms with Crippen molar-refractivity contribution in [3.63, 3.8) is 0 Å². The Kier molecular flexibility index (Phi) is 4.36. The van der Waals surface area contributed by atoms with E-state index in [4.69, 9.17) is 22.1 Å². The van der Waals surface area contributed by atoms with Crippen LogP contribution in [0.1, 0.15) is 11.8 Å². The normalized spacial score (nSPS) is 21.7. The van der Waals surface area contributed by atoms with Gasteiger partial charge in [-0.2, -0.15) is 0 Å². The Balaban J connectivity index is 1.82. The Hall–Kier alpha value is -2.23. The second-order valence-corrected chi connectivity index (χ2v) is 10.3. The number of halogens is 1. The van der Waals surface area contributed by atoms with Crippen LogP contribution >= 0.6 is 22.9 Å². The van der Waals surface area contributed by atoms with Crippen molar-refractivity contribution in [2.75, 3.05) is 19.9 Å². The molecule has 7 nitrogen and oxygen atoms in total. The number of nitrogens with zero attached hydrogens (tertiary/aromatic N) is 2. The summed E-state index contributed by atoms with van der Waals surface area (Å²) in [7, 11) is -0.547. The van der Waals surface area contributed by atoms with Crippen LogP contribution < -0.4 is 10.5 Å². The summed E-state index contributed by atoms with van der Waals surface area (Å²) in [6.45, 7) is 1.74. The maximum Gasteiger partial charge on any atom is 0.239 e. The average Bonchev–Trinajstić information content (AvgIpc) is 3.22. The van der Waals surface area contributed by atoms with Crippen molar-refractivity contribution in [3.8, 4) is 16.3 Å². The second kappa shape index (κ2) is 6.40. The van der Waals surface area contributed by atoms with Crippen LogP contribution in [0.4, 0.5) is 0 Å². The minimum atomic E-state index is -3.57. The Morgan fingerprint density at radius 3 is 2.82 bits per heavy atom. The molecule has 0 saturated heterocycles. The number of hydrogen-bond acceptors (Lipinski definition) is 6. The van der Waals surface area contributed by atoms with E-state index in [0.717, 1.165) is 31.5 Å². The molecular formula is C18H19ClN4O3S2. The zero-order valence-electron chi connectivity index (χ0n) is 15.5. The number of thiophene rings is 1. The van der Waals surface area contributed by atoms with Gasteiger partial charge in [0.1, 0.15) is 11.3 Å². The predicted octanol–water partition coefficient (Wildman–Crippen LogP) is 3.36. The van der Waals surface area contributed by atoms with Gasteiger partial charge >= 0.3 is 0 Å².